The number of sulfonamides is 1. The number of aliphatic hydroxyl groups is 1. The molecule has 2 bridgehead atoms. The van der Waals surface area contributed by atoms with Crippen molar-refractivity contribution >= 4 is 39.1 Å². The van der Waals surface area contributed by atoms with Gasteiger partial charge in [0.2, 0.25) is 15.9 Å². The molecule has 1 saturated carbocycles. The van der Waals surface area contributed by atoms with Crippen LogP contribution in [0.25, 0.3) is 0 Å². The van der Waals surface area contributed by atoms with E-state index in [9.17, 15) is 23.1 Å². The second-order valence-electron chi connectivity index (χ2n) is 14.6. The first-order valence-electron chi connectivity index (χ1n) is 17.1. The molecular formula is C37H50ClN3O7S. The molecule has 1 fully saturated rings. The molecule has 0 spiro atoms. The summed E-state index contributed by atoms with van der Waals surface area (Å²) in [6.45, 7) is 6.38. The number of rotatable bonds is 3. The van der Waals surface area contributed by atoms with E-state index in [1.54, 1.807) is 32.4 Å². The van der Waals surface area contributed by atoms with E-state index in [1.165, 1.54) is 25.7 Å². The van der Waals surface area contributed by atoms with Crippen LogP contribution in [0.2, 0.25) is 5.02 Å². The number of carbonyl (C=O) groups is 2. The zero-order valence-electron chi connectivity index (χ0n) is 29.2. The average molecular weight is 716 g/mol. The molecule has 0 saturated heterocycles. The maximum atomic E-state index is 13.9. The molecule has 3 aliphatic rings. The van der Waals surface area contributed by atoms with Crippen molar-refractivity contribution < 1.29 is 32.6 Å². The van der Waals surface area contributed by atoms with Crippen LogP contribution in [0, 0.1) is 11.8 Å². The highest BCUT2D eigenvalue weighted by Crippen LogP contribution is 2.43. The van der Waals surface area contributed by atoms with Crippen molar-refractivity contribution in [2.45, 2.75) is 88.8 Å². The Labute approximate surface area is 295 Å². The lowest BCUT2D eigenvalue weighted by Crippen LogP contribution is -2.52. The Hall–Kier alpha value is -3.12. The first kappa shape index (κ1) is 37.1. The fourth-order valence-corrected chi connectivity index (χ4v) is 7.69. The summed E-state index contributed by atoms with van der Waals surface area (Å²) in [7, 11) is -0.870. The first-order chi connectivity index (χ1) is 23.1. The highest BCUT2D eigenvalue weighted by molar-refractivity contribution is 7.91. The van der Waals surface area contributed by atoms with E-state index in [0.29, 0.717) is 54.4 Å². The van der Waals surface area contributed by atoms with Crippen LogP contribution < -0.4 is 14.4 Å². The van der Waals surface area contributed by atoms with E-state index >= 15 is 0 Å². The van der Waals surface area contributed by atoms with Crippen molar-refractivity contribution in [2.75, 3.05) is 38.7 Å². The Kier molecular flexibility index (Phi) is 11.4. The Morgan fingerprint density at radius 3 is 2.57 bits per heavy atom. The van der Waals surface area contributed by atoms with Crippen molar-refractivity contribution in [3.05, 3.63) is 70.3 Å². The van der Waals surface area contributed by atoms with Gasteiger partial charge in [0, 0.05) is 38.8 Å². The SMILES string of the molecule is CO[C@H]1/C=C/CCN(C)C(=O)C[C@](O)(C(=O)NS(=O)(=O)C(C)(C)C)c2ccc3c(c2)N(CCCCc2cc(Cl)ccc2CO3)C[C@@H]2CC[C@H]21. The summed E-state index contributed by atoms with van der Waals surface area (Å²) in [6, 6.07) is 10.8. The number of halogens is 1. The average Bonchev–Trinajstić information content (AvgIpc) is 3.06. The van der Waals surface area contributed by atoms with Gasteiger partial charge in [0.1, 0.15) is 12.4 Å². The molecule has 0 radical (unpaired) electrons. The number of amides is 2. The molecule has 12 heteroatoms. The van der Waals surface area contributed by atoms with Gasteiger partial charge in [-0.1, -0.05) is 35.9 Å². The number of carbonyl (C=O) groups excluding carboxylic acids is 2. The molecule has 2 N–H and O–H groups in total. The van der Waals surface area contributed by atoms with E-state index in [4.69, 9.17) is 21.1 Å². The topological polar surface area (TPSA) is 125 Å². The largest absolute Gasteiger partial charge is 0.487 e. The molecule has 2 aromatic carbocycles. The second-order valence-corrected chi connectivity index (χ2v) is 17.5. The summed E-state index contributed by atoms with van der Waals surface area (Å²) in [4.78, 5) is 31.3. The minimum atomic E-state index is -4.21. The molecule has 4 atom stereocenters. The highest BCUT2D eigenvalue weighted by Gasteiger charge is 2.45. The number of nitrogens with zero attached hydrogens (tertiary/aromatic N) is 2. The molecule has 5 rings (SSSR count). The predicted molar refractivity (Wildman–Crippen MR) is 191 cm³/mol. The maximum Gasteiger partial charge on any atom is 0.270 e. The molecule has 49 heavy (non-hydrogen) atoms. The van der Waals surface area contributed by atoms with Crippen molar-refractivity contribution in [3.8, 4) is 5.75 Å². The first-order valence-corrected chi connectivity index (χ1v) is 19.0. The summed E-state index contributed by atoms with van der Waals surface area (Å²) in [5, 5.41) is 12.9. The van der Waals surface area contributed by atoms with Crippen molar-refractivity contribution in [1.82, 2.24) is 9.62 Å². The quantitative estimate of drug-likeness (QED) is 0.408. The summed E-state index contributed by atoms with van der Waals surface area (Å²) in [5.74, 6) is -0.504. The monoisotopic (exact) mass is 715 g/mol. The lowest BCUT2D eigenvalue weighted by Gasteiger charge is -2.43. The number of methoxy groups -OCH3 is 1. The summed E-state index contributed by atoms with van der Waals surface area (Å²) in [5.41, 5.74) is 0.438. The summed E-state index contributed by atoms with van der Waals surface area (Å²) in [6.07, 6.45) is 8.60. The maximum absolute atomic E-state index is 13.9. The van der Waals surface area contributed by atoms with Gasteiger partial charge in [-0.05, 0) is 112 Å². The Morgan fingerprint density at radius 1 is 1.10 bits per heavy atom. The lowest BCUT2D eigenvalue weighted by atomic mass is 9.70. The minimum absolute atomic E-state index is 0.0588. The van der Waals surface area contributed by atoms with Crippen LogP contribution in [0.3, 0.4) is 0 Å². The van der Waals surface area contributed by atoms with Gasteiger partial charge < -0.3 is 24.4 Å². The molecule has 2 aromatic rings. The molecule has 268 valence electrons. The van der Waals surface area contributed by atoms with Gasteiger partial charge in [0.05, 0.1) is 23.0 Å². The molecular weight excluding hydrogens is 666 g/mol. The molecule has 10 nitrogen and oxygen atoms in total. The molecule has 0 aromatic heterocycles. The van der Waals surface area contributed by atoms with Crippen LogP contribution in [0.1, 0.15) is 76.0 Å². The number of ether oxygens (including phenoxy) is 2. The molecule has 1 aliphatic carbocycles. The zero-order valence-corrected chi connectivity index (χ0v) is 30.8. The van der Waals surface area contributed by atoms with Crippen LogP contribution in [0.5, 0.6) is 5.75 Å². The Bertz CT molecular complexity index is 1670. The third kappa shape index (κ3) is 8.27. The standard InChI is InChI=1S/C37H50ClN3O7S/c1-36(2,3)49(45,46)39-35(43)37(44)22-34(42)40(4)18-8-7-11-32(47-5)30-16-13-26(30)23-41-19-9-6-10-25-20-29(38)15-12-27(25)24-48-33-17-14-28(37)21-31(33)41/h7,11-12,14-15,17,20-21,26,30,32,44H,6,8-10,13,16,18-19,22-24H2,1-5H3,(H,39,43)/b11-7+/t26-,30+,32-,37+/m0/s1. The Balaban J connectivity index is 1.63. The van der Waals surface area contributed by atoms with E-state index in [-0.39, 0.29) is 18.3 Å². The lowest BCUT2D eigenvalue weighted by molar-refractivity contribution is -0.148. The number of anilines is 1. The number of fused-ring (bicyclic) bond motifs is 3. The van der Waals surface area contributed by atoms with Crippen molar-refractivity contribution in [3.63, 3.8) is 0 Å². The normalized spacial score (nSPS) is 26.3. The third-order valence-electron chi connectivity index (χ3n) is 10.3. The van der Waals surface area contributed by atoms with Crippen molar-refractivity contribution in [1.29, 1.82) is 0 Å². The molecule has 2 amide bonds. The van der Waals surface area contributed by atoms with Gasteiger partial charge in [-0.15, -0.1) is 0 Å². The zero-order chi connectivity index (χ0) is 35.6. The number of aryl methyl sites for hydroxylation is 1. The predicted octanol–water partition coefficient (Wildman–Crippen LogP) is 5.34. The second kappa shape index (κ2) is 15.0. The van der Waals surface area contributed by atoms with Crippen LogP contribution in [-0.4, -0.2) is 74.9 Å². The van der Waals surface area contributed by atoms with Gasteiger partial charge >= 0.3 is 0 Å². The van der Waals surface area contributed by atoms with E-state index in [2.05, 4.69) is 15.7 Å². The molecule has 0 unspecified atom stereocenters. The van der Waals surface area contributed by atoms with Crippen LogP contribution in [0.15, 0.2) is 48.6 Å². The van der Waals surface area contributed by atoms with E-state index in [1.807, 2.05) is 24.3 Å². The van der Waals surface area contributed by atoms with Gasteiger partial charge in [0.25, 0.3) is 5.91 Å². The third-order valence-corrected chi connectivity index (χ3v) is 12.6. The number of benzene rings is 2. The molecule has 2 heterocycles. The highest BCUT2D eigenvalue weighted by atomic mass is 35.5. The number of nitrogens with one attached hydrogen (secondary N) is 1. The van der Waals surface area contributed by atoms with Crippen LogP contribution in [0.4, 0.5) is 5.69 Å². The van der Waals surface area contributed by atoms with Gasteiger partial charge in [-0.2, -0.15) is 0 Å². The van der Waals surface area contributed by atoms with Crippen LogP contribution in [-0.2, 0) is 43.0 Å². The minimum Gasteiger partial charge on any atom is -0.487 e. The Morgan fingerprint density at radius 2 is 1.88 bits per heavy atom. The molecule has 2 aliphatic heterocycles. The van der Waals surface area contributed by atoms with Crippen LogP contribution >= 0.6 is 11.6 Å². The number of hydrogen-bond donors (Lipinski definition) is 2. The van der Waals surface area contributed by atoms with E-state index < -0.39 is 38.6 Å². The fraction of sp³-hybridized carbons (Fsp3) is 0.568. The van der Waals surface area contributed by atoms with Crippen molar-refractivity contribution in [2.24, 2.45) is 11.8 Å². The van der Waals surface area contributed by atoms with E-state index in [0.717, 1.165) is 43.2 Å². The smallest absolute Gasteiger partial charge is 0.270 e. The van der Waals surface area contributed by atoms with Gasteiger partial charge in [-0.25, -0.2) is 13.1 Å². The number of hydrogen-bond acceptors (Lipinski definition) is 8. The van der Waals surface area contributed by atoms with Gasteiger partial charge in [-0.3, -0.25) is 9.59 Å². The summed E-state index contributed by atoms with van der Waals surface area (Å²) < 4.78 is 39.5. The summed E-state index contributed by atoms with van der Waals surface area (Å²) >= 11 is 6.36. The van der Waals surface area contributed by atoms with Gasteiger partial charge in [0.15, 0.2) is 5.60 Å². The fourth-order valence-electron chi connectivity index (χ4n) is 6.78.